The van der Waals surface area contributed by atoms with Crippen LogP contribution in [-0.4, -0.2) is 82.3 Å². The average molecular weight is 1360 g/mol. The van der Waals surface area contributed by atoms with E-state index in [1.165, 1.54) is 334 Å². The molecule has 0 aliphatic heterocycles. The molecule has 0 spiro atoms. The first-order valence-corrected chi connectivity index (χ1v) is 42.4. The maximum absolute atomic E-state index is 13.0. The molecule has 2 unspecified atom stereocenters. The highest BCUT2D eigenvalue weighted by atomic mass is 16.7. The van der Waals surface area contributed by atoms with Gasteiger partial charge in [-0.15, -0.1) is 0 Å². The molecule has 0 bridgehead atoms. The van der Waals surface area contributed by atoms with E-state index < -0.39 is 24.3 Å². The minimum absolute atomic E-state index is 0.150. The SMILES string of the molecule is CC/C=C\C/C=C\C/C=C\C/C=C\CCCCCCCCCCCCCCCCCCCCCCCCC(=O)OC(COC(=O)CCCCCCCCCCCCCCCCCCCCCCCCCCC/C=C\CCCCCCCCCC)COC(OCC[N+](C)(C)C)C(=O)[O-]. The lowest BCUT2D eigenvalue weighted by atomic mass is 10.0. The Morgan fingerprint density at radius 2 is 0.588 bits per heavy atom. The lowest BCUT2D eigenvalue weighted by Crippen LogP contribution is -2.44. The summed E-state index contributed by atoms with van der Waals surface area (Å²) in [5, 5.41) is 11.9. The molecular weight excluding hydrogens is 1200 g/mol. The molecule has 0 rings (SSSR count). The van der Waals surface area contributed by atoms with Gasteiger partial charge in [0.05, 0.1) is 40.3 Å². The number of likely N-dealkylation sites (N-methyl/N-ethyl adjacent to an activating group) is 1. The monoisotopic (exact) mass is 1360 g/mol. The van der Waals surface area contributed by atoms with Gasteiger partial charge >= 0.3 is 11.9 Å². The van der Waals surface area contributed by atoms with E-state index in [1.807, 2.05) is 21.1 Å². The average Bonchev–Trinajstić information content (AvgIpc) is 3.74. The van der Waals surface area contributed by atoms with Crippen LogP contribution in [0.1, 0.15) is 425 Å². The molecule has 9 heteroatoms. The number of aliphatic carboxylic acids is 1. The van der Waals surface area contributed by atoms with Crippen molar-refractivity contribution in [1.82, 2.24) is 0 Å². The Morgan fingerprint density at radius 3 is 0.887 bits per heavy atom. The summed E-state index contributed by atoms with van der Waals surface area (Å²) in [4.78, 5) is 37.7. The van der Waals surface area contributed by atoms with Gasteiger partial charge in [-0.05, 0) is 77.0 Å². The number of ether oxygens (including phenoxy) is 4. The largest absolute Gasteiger partial charge is 0.545 e. The van der Waals surface area contributed by atoms with Gasteiger partial charge in [-0.2, -0.15) is 0 Å². The second kappa shape index (κ2) is 78.7. The molecule has 568 valence electrons. The van der Waals surface area contributed by atoms with E-state index in [2.05, 4.69) is 74.6 Å². The number of carboxylic acids is 1. The number of rotatable bonds is 80. The molecule has 0 fully saturated rings. The minimum Gasteiger partial charge on any atom is -0.545 e. The van der Waals surface area contributed by atoms with Crippen LogP contribution in [0.3, 0.4) is 0 Å². The van der Waals surface area contributed by atoms with E-state index in [0.29, 0.717) is 17.4 Å². The quantitative estimate of drug-likeness (QED) is 0.0195. The van der Waals surface area contributed by atoms with Gasteiger partial charge in [0.15, 0.2) is 12.4 Å². The summed E-state index contributed by atoms with van der Waals surface area (Å²) >= 11 is 0. The Bertz CT molecular complexity index is 1780. The van der Waals surface area contributed by atoms with Crippen LogP contribution in [0.15, 0.2) is 60.8 Å². The summed E-state index contributed by atoms with van der Waals surface area (Å²) in [6.45, 7) is 4.71. The van der Waals surface area contributed by atoms with Gasteiger partial charge in [-0.1, -0.05) is 396 Å². The smallest absolute Gasteiger partial charge is 0.306 e. The van der Waals surface area contributed by atoms with Gasteiger partial charge in [-0.3, -0.25) is 9.59 Å². The standard InChI is InChI=1S/C88H163NO8/c1-6-8-10-12-14-16-18-20-22-24-26-28-30-32-34-36-38-40-42-43-45-46-48-50-52-54-56-58-60-62-64-66-68-70-72-74-76-78-85(90)95-82-84(83-96-88(87(92)93)94-81-80-89(3,4)5)97-86(91)79-77-75-73-71-69-67-65-63-61-59-57-55-53-51-49-47-44-41-39-37-35-33-31-29-27-25-23-21-19-17-15-13-11-9-7-2/h9,11,15,17,21,23-24,26-27,29,84,88H,6-8,10,12-14,16,18-20,22,25,28,30-83H2,1-5H3/b11-9-,17-15-,23-21-,26-24-,29-27-. The summed E-state index contributed by atoms with van der Waals surface area (Å²) < 4.78 is 22.9. The Balaban J connectivity index is 3.93. The summed E-state index contributed by atoms with van der Waals surface area (Å²) in [6, 6.07) is 0. The number of carboxylic acid groups (broad SMARTS) is 1. The van der Waals surface area contributed by atoms with Crippen molar-refractivity contribution in [1.29, 1.82) is 0 Å². The number of quaternary nitrogens is 1. The first kappa shape index (κ1) is 94.0. The molecule has 0 aliphatic carbocycles. The van der Waals surface area contributed by atoms with E-state index in [4.69, 9.17) is 18.9 Å². The van der Waals surface area contributed by atoms with E-state index in [-0.39, 0.29) is 32.2 Å². The van der Waals surface area contributed by atoms with Crippen LogP contribution in [-0.2, 0) is 33.3 Å². The molecule has 0 aliphatic rings. The zero-order valence-corrected chi connectivity index (χ0v) is 65.2. The van der Waals surface area contributed by atoms with Crippen molar-refractivity contribution in [3.05, 3.63) is 60.8 Å². The number of carbonyl (C=O) groups excluding carboxylic acids is 3. The number of hydrogen-bond acceptors (Lipinski definition) is 8. The molecule has 0 aromatic heterocycles. The fourth-order valence-electron chi connectivity index (χ4n) is 12.8. The third-order valence-corrected chi connectivity index (χ3v) is 19.2. The predicted molar refractivity (Wildman–Crippen MR) is 417 cm³/mol. The van der Waals surface area contributed by atoms with Crippen molar-refractivity contribution in [2.75, 3.05) is 47.5 Å². The Morgan fingerprint density at radius 1 is 0.320 bits per heavy atom. The third kappa shape index (κ3) is 80.2. The van der Waals surface area contributed by atoms with Gasteiger partial charge in [0.2, 0.25) is 0 Å². The lowest BCUT2D eigenvalue weighted by molar-refractivity contribution is -0.870. The van der Waals surface area contributed by atoms with Gasteiger partial charge in [0, 0.05) is 12.8 Å². The maximum Gasteiger partial charge on any atom is 0.306 e. The lowest BCUT2D eigenvalue weighted by Gasteiger charge is -2.26. The topological polar surface area (TPSA) is 111 Å². The van der Waals surface area contributed by atoms with Crippen molar-refractivity contribution in [2.45, 2.75) is 437 Å². The highest BCUT2D eigenvalue weighted by Gasteiger charge is 2.22. The van der Waals surface area contributed by atoms with Crippen LogP contribution < -0.4 is 5.11 Å². The molecule has 0 heterocycles. The van der Waals surface area contributed by atoms with Gasteiger partial charge in [0.1, 0.15) is 13.2 Å². The number of hydrogen-bond donors (Lipinski definition) is 0. The summed E-state index contributed by atoms with van der Waals surface area (Å²) in [6.07, 6.45) is 102. The third-order valence-electron chi connectivity index (χ3n) is 19.2. The summed E-state index contributed by atoms with van der Waals surface area (Å²) in [7, 11) is 5.95. The Hall–Kier alpha value is -3.01. The molecule has 0 aromatic carbocycles. The van der Waals surface area contributed by atoms with Crippen molar-refractivity contribution in [2.24, 2.45) is 0 Å². The maximum atomic E-state index is 13.0. The highest BCUT2D eigenvalue weighted by Crippen LogP contribution is 2.20. The molecule has 0 radical (unpaired) electrons. The van der Waals surface area contributed by atoms with Crippen LogP contribution in [0.2, 0.25) is 0 Å². The Kier molecular flexibility index (Phi) is 76.3. The number of esters is 2. The Labute approximate surface area is 603 Å². The fourth-order valence-corrected chi connectivity index (χ4v) is 12.8. The fraction of sp³-hybridized carbons (Fsp3) is 0.852. The predicted octanol–water partition coefficient (Wildman–Crippen LogP) is 26.0. The second-order valence-corrected chi connectivity index (χ2v) is 30.1. The number of unbranched alkanes of at least 4 members (excludes halogenated alkanes) is 55. The molecule has 9 nitrogen and oxygen atoms in total. The van der Waals surface area contributed by atoms with E-state index in [0.717, 1.165) is 64.2 Å². The molecule has 0 saturated heterocycles. The number of carbonyl (C=O) groups is 3. The van der Waals surface area contributed by atoms with Crippen LogP contribution >= 0.6 is 0 Å². The van der Waals surface area contributed by atoms with Crippen LogP contribution in [0.4, 0.5) is 0 Å². The zero-order valence-electron chi connectivity index (χ0n) is 65.2. The van der Waals surface area contributed by atoms with Gasteiger partial charge in [0.25, 0.3) is 0 Å². The minimum atomic E-state index is -1.62. The van der Waals surface area contributed by atoms with Crippen LogP contribution in [0.5, 0.6) is 0 Å². The molecule has 0 N–H and O–H groups in total. The molecular formula is C88H163NO8. The van der Waals surface area contributed by atoms with E-state index in [9.17, 15) is 19.5 Å². The molecule has 97 heavy (non-hydrogen) atoms. The summed E-state index contributed by atoms with van der Waals surface area (Å²) in [5.41, 5.74) is 0. The van der Waals surface area contributed by atoms with Crippen LogP contribution in [0, 0.1) is 0 Å². The molecule has 2 atom stereocenters. The van der Waals surface area contributed by atoms with Crippen LogP contribution in [0.25, 0.3) is 0 Å². The van der Waals surface area contributed by atoms with Crippen molar-refractivity contribution >= 4 is 17.9 Å². The second-order valence-electron chi connectivity index (χ2n) is 30.1. The first-order chi connectivity index (χ1) is 47.6. The van der Waals surface area contributed by atoms with Gasteiger partial charge in [-0.25, -0.2) is 0 Å². The number of nitrogens with zero attached hydrogens (tertiary/aromatic N) is 1. The highest BCUT2D eigenvalue weighted by molar-refractivity contribution is 5.70. The summed E-state index contributed by atoms with van der Waals surface area (Å²) in [5.74, 6) is -2.25. The molecule has 0 amide bonds. The molecule has 0 saturated carbocycles. The van der Waals surface area contributed by atoms with E-state index in [1.54, 1.807) is 0 Å². The number of allylic oxidation sites excluding steroid dienone is 10. The van der Waals surface area contributed by atoms with Crippen molar-refractivity contribution in [3.8, 4) is 0 Å². The normalized spacial score (nSPS) is 12.9. The van der Waals surface area contributed by atoms with Crippen molar-refractivity contribution in [3.63, 3.8) is 0 Å². The molecule has 0 aromatic rings. The van der Waals surface area contributed by atoms with Gasteiger partial charge < -0.3 is 33.3 Å². The van der Waals surface area contributed by atoms with E-state index >= 15 is 0 Å². The zero-order chi connectivity index (χ0) is 70.4. The first-order valence-electron chi connectivity index (χ1n) is 42.4. The van der Waals surface area contributed by atoms with Crippen molar-refractivity contribution < 1.29 is 42.9 Å².